The Morgan fingerprint density at radius 2 is 0.885 bits per heavy atom. The van der Waals surface area contributed by atoms with Gasteiger partial charge in [-0.2, -0.15) is 0 Å². The molecule has 0 saturated carbocycles. The Balaban J connectivity index is 1.30. The molecule has 4 aromatic rings. The van der Waals surface area contributed by atoms with E-state index in [2.05, 4.69) is 128 Å². The molecule has 0 aromatic heterocycles. The molecule has 0 fully saturated rings. The molecule has 2 heterocycles. The normalized spacial score (nSPS) is 18.3. The van der Waals surface area contributed by atoms with Crippen molar-refractivity contribution >= 4 is 22.7 Å². The number of nitrogens with zero attached hydrogens (tertiary/aromatic N) is 2. The van der Waals surface area contributed by atoms with Crippen LogP contribution in [0.25, 0.3) is 11.1 Å². The zero-order valence-electron chi connectivity index (χ0n) is 30.8. The molecule has 9 nitrogen and oxygen atoms in total. The molecule has 10 bridgehead atoms. The maximum absolute atomic E-state index is 5.98. The summed E-state index contributed by atoms with van der Waals surface area (Å²) in [6.45, 7) is 12.8. The van der Waals surface area contributed by atoms with Gasteiger partial charge in [-0.1, -0.05) is 48.5 Å². The molecule has 0 unspecified atom stereocenters. The summed E-state index contributed by atoms with van der Waals surface area (Å²) < 4.78 is 17.8. The lowest BCUT2D eigenvalue weighted by Crippen LogP contribution is -2.28. The molecular weight excluding hydrogens is 649 g/mol. The highest BCUT2D eigenvalue weighted by atomic mass is 16.5. The minimum Gasteiger partial charge on any atom is -0.384 e. The molecule has 9 heteroatoms. The van der Waals surface area contributed by atoms with Crippen LogP contribution in [-0.4, -0.2) is 92.0 Å². The van der Waals surface area contributed by atoms with Gasteiger partial charge in [0, 0.05) is 88.3 Å². The van der Waals surface area contributed by atoms with Crippen LogP contribution in [-0.2, 0) is 27.3 Å². The SMILES string of the molecule is c1cc2cc(c1)NCCNCCCNCCNc1cccc(c1)CN1CCCOCCOCCOCCCN(C2)c2cccc(c2)-c2cccc1c2. The van der Waals surface area contributed by atoms with Gasteiger partial charge in [0.15, 0.2) is 0 Å². The molecule has 4 N–H and O–H groups in total. The molecular formula is C43H58N6O3. The minimum atomic E-state index is 0.582. The Hall–Kier alpha value is -4.12. The van der Waals surface area contributed by atoms with Crippen LogP contribution in [0.4, 0.5) is 22.7 Å². The van der Waals surface area contributed by atoms with E-state index < -0.39 is 0 Å². The summed E-state index contributed by atoms with van der Waals surface area (Å²) in [5.74, 6) is 0. The lowest BCUT2D eigenvalue weighted by molar-refractivity contribution is 0.0142. The van der Waals surface area contributed by atoms with Crippen molar-refractivity contribution in [2.75, 3.05) is 112 Å². The molecule has 0 radical (unpaired) electrons. The van der Waals surface area contributed by atoms with E-state index in [0.717, 1.165) is 96.1 Å². The molecule has 0 atom stereocenters. The maximum atomic E-state index is 5.98. The smallest absolute Gasteiger partial charge is 0.0701 e. The summed E-state index contributed by atoms with van der Waals surface area (Å²) >= 11 is 0. The highest BCUT2D eigenvalue weighted by Gasteiger charge is 2.13. The standard InChI is InChI=1S/C43H58N6O3/c1-8-36-30-40(12-1)46-20-18-44-16-5-17-45-19-21-47-41-13-2-9-37(31-41)35-49-23-7-25-51-27-29-52-28-26-50-24-6-22-48(34-36)42-14-3-10-38(32-42)39-11-4-15-43(49)33-39/h1-4,8-15,30-33,44-47H,5-7,16-29,34-35H2. The monoisotopic (exact) mass is 706 g/mol. The van der Waals surface area contributed by atoms with Crippen molar-refractivity contribution in [3.8, 4) is 11.1 Å². The number of benzene rings is 4. The second-order valence-electron chi connectivity index (χ2n) is 13.6. The summed E-state index contributed by atoms with van der Waals surface area (Å²) in [4.78, 5) is 4.98. The molecule has 2 aliphatic rings. The van der Waals surface area contributed by atoms with Crippen LogP contribution in [0.5, 0.6) is 0 Å². The summed E-state index contributed by atoms with van der Waals surface area (Å²) in [5.41, 5.74) is 9.73. The second kappa shape index (κ2) is 21.4. The highest BCUT2D eigenvalue weighted by molar-refractivity contribution is 5.72. The number of hydrogen-bond acceptors (Lipinski definition) is 9. The largest absolute Gasteiger partial charge is 0.384 e. The molecule has 2 aliphatic heterocycles. The van der Waals surface area contributed by atoms with Crippen molar-refractivity contribution < 1.29 is 14.2 Å². The second-order valence-corrected chi connectivity index (χ2v) is 13.6. The zero-order valence-corrected chi connectivity index (χ0v) is 30.8. The molecule has 6 rings (SSSR count). The van der Waals surface area contributed by atoms with E-state index in [1.807, 2.05) is 0 Å². The van der Waals surface area contributed by atoms with E-state index in [-0.39, 0.29) is 0 Å². The highest BCUT2D eigenvalue weighted by Crippen LogP contribution is 2.30. The third-order valence-electron chi connectivity index (χ3n) is 9.50. The fourth-order valence-electron chi connectivity index (χ4n) is 6.80. The predicted octanol–water partition coefficient (Wildman–Crippen LogP) is 6.62. The van der Waals surface area contributed by atoms with Crippen LogP contribution >= 0.6 is 0 Å². The van der Waals surface area contributed by atoms with Gasteiger partial charge in [0.1, 0.15) is 0 Å². The van der Waals surface area contributed by atoms with Crippen LogP contribution in [0.15, 0.2) is 97.1 Å². The fourth-order valence-corrected chi connectivity index (χ4v) is 6.80. The van der Waals surface area contributed by atoms with E-state index in [1.165, 1.54) is 33.6 Å². The summed E-state index contributed by atoms with van der Waals surface area (Å²) in [5, 5.41) is 14.4. The first-order chi connectivity index (χ1) is 25.8. The average Bonchev–Trinajstić information content (AvgIpc) is 3.17. The summed E-state index contributed by atoms with van der Waals surface area (Å²) in [6.07, 6.45) is 2.95. The van der Waals surface area contributed by atoms with Gasteiger partial charge in [0.25, 0.3) is 0 Å². The van der Waals surface area contributed by atoms with E-state index in [4.69, 9.17) is 14.2 Å². The van der Waals surface area contributed by atoms with Crippen molar-refractivity contribution in [2.24, 2.45) is 0 Å². The average molecular weight is 707 g/mol. The summed E-state index contributed by atoms with van der Waals surface area (Å²) in [6, 6.07) is 35.7. The van der Waals surface area contributed by atoms with Crippen LogP contribution in [0.3, 0.4) is 0 Å². The van der Waals surface area contributed by atoms with Gasteiger partial charge < -0.3 is 45.3 Å². The van der Waals surface area contributed by atoms with Crippen molar-refractivity contribution in [2.45, 2.75) is 32.4 Å². The molecule has 52 heavy (non-hydrogen) atoms. The quantitative estimate of drug-likeness (QED) is 0.161. The Kier molecular flexibility index (Phi) is 15.5. The van der Waals surface area contributed by atoms with Gasteiger partial charge >= 0.3 is 0 Å². The maximum Gasteiger partial charge on any atom is 0.0701 e. The Morgan fingerprint density at radius 1 is 0.423 bits per heavy atom. The van der Waals surface area contributed by atoms with E-state index in [9.17, 15) is 0 Å². The first-order valence-corrected chi connectivity index (χ1v) is 19.3. The van der Waals surface area contributed by atoms with Crippen molar-refractivity contribution in [1.82, 2.24) is 10.6 Å². The van der Waals surface area contributed by atoms with Crippen LogP contribution in [0.2, 0.25) is 0 Å². The first-order valence-electron chi connectivity index (χ1n) is 19.3. The van der Waals surface area contributed by atoms with Gasteiger partial charge in [-0.05, 0) is 103 Å². The molecule has 0 saturated heterocycles. The van der Waals surface area contributed by atoms with Gasteiger partial charge in [-0.25, -0.2) is 0 Å². The molecule has 0 aliphatic carbocycles. The molecule has 0 amide bonds. The number of hydrogen-bond donors (Lipinski definition) is 4. The van der Waals surface area contributed by atoms with E-state index in [0.29, 0.717) is 39.6 Å². The van der Waals surface area contributed by atoms with Gasteiger partial charge in [-0.15, -0.1) is 0 Å². The minimum absolute atomic E-state index is 0.582. The Morgan fingerprint density at radius 3 is 1.38 bits per heavy atom. The fraction of sp³-hybridized carbons (Fsp3) is 0.442. The first kappa shape index (κ1) is 37.6. The predicted molar refractivity (Wildman–Crippen MR) is 216 cm³/mol. The van der Waals surface area contributed by atoms with Crippen molar-refractivity contribution in [1.29, 1.82) is 0 Å². The number of nitrogens with one attached hydrogen (secondary N) is 4. The number of fused-ring (bicyclic) bond motifs is 4. The van der Waals surface area contributed by atoms with Crippen LogP contribution in [0.1, 0.15) is 30.4 Å². The summed E-state index contributed by atoms with van der Waals surface area (Å²) in [7, 11) is 0. The Labute approximate surface area is 311 Å². The molecule has 278 valence electrons. The molecule has 4 aromatic carbocycles. The van der Waals surface area contributed by atoms with Gasteiger partial charge in [-0.3, -0.25) is 0 Å². The molecule has 0 spiro atoms. The number of anilines is 4. The van der Waals surface area contributed by atoms with Crippen LogP contribution < -0.4 is 31.1 Å². The number of rotatable bonds is 0. The van der Waals surface area contributed by atoms with E-state index in [1.54, 1.807) is 0 Å². The number of ether oxygens (including phenoxy) is 3. The lowest BCUT2D eigenvalue weighted by Gasteiger charge is -2.27. The third-order valence-corrected chi connectivity index (χ3v) is 9.50. The van der Waals surface area contributed by atoms with E-state index >= 15 is 0 Å². The topological polar surface area (TPSA) is 82.3 Å². The lowest BCUT2D eigenvalue weighted by atomic mass is 10.0. The van der Waals surface area contributed by atoms with Crippen molar-refractivity contribution in [3.05, 3.63) is 108 Å². The van der Waals surface area contributed by atoms with Gasteiger partial charge in [0.05, 0.1) is 26.4 Å². The Bertz CT molecular complexity index is 1500. The van der Waals surface area contributed by atoms with Crippen LogP contribution in [0, 0.1) is 0 Å². The van der Waals surface area contributed by atoms with Crippen molar-refractivity contribution in [3.63, 3.8) is 0 Å². The third kappa shape index (κ3) is 12.5. The zero-order chi connectivity index (χ0) is 35.5. The van der Waals surface area contributed by atoms with Gasteiger partial charge in [0.2, 0.25) is 0 Å².